The Labute approximate surface area is 97.3 Å². The van der Waals surface area contributed by atoms with Crippen molar-refractivity contribution in [1.82, 2.24) is 14.8 Å². The monoisotopic (exact) mass is 239 g/mol. The zero-order valence-electron chi connectivity index (χ0n) is 8.59. The van der Waals surface area contributed by atoms with Gasteiger partial charge in [0.05, 0.1) is 12.8 Å². The molecule has 0 amide bonds. The molecule has 0 aliphatic heterocycles. The first kappa shape index (κ1) is 10.9. The molecule has 0 saturated heterocycles. The largest absolute Gasteiger partial charge is 0.495 e. The molecule has 0 aliphatic rings. The zero-order chi connectivity index (χ0) is 11.5. The van der Waals surface area contributed by atoms with Crippen LogP contribution in [-0.4, -0.2) is 27.0 Å². The third-order valence-electron chi connectivity index (χ3n) is 2.16. The number of benzene rings is 1. The highest BCUT2D eigenvalue weighted by atomic mass is 35.5. The second-order valence-corrected chi connectivity index (χ2v) is 3.53. The summed E-state index contributed by atoms with van der Waals surface area (Å²) in [6.07, 6.45) is 1.50. The molecule has 1 N–H and O–H groups in total. The Morgan fingerprint density at radius 1 is 1.50 bits per heavy atom. The Balaban J connectivity index is 2.58. The zero-order valence-corrected chi connectivity index (χ0v) is 9.35. The minimum absolute atomic E-state index is 0.199. The van der Waals surface area contributed by atoms with Crippen molar-refractivity contribution in [3.63, 3.8) is 0 Å². The number of aromatic nitrogens is 3. The van der Waals surface area contributed by atoms with E-state index in [2.05, 4.69) is 10.2 Å². The lowest BCUT2D eigenvalue weighted by molar-refractivity contribution is 0.268. The molecular formula is C10H10ClN3O2. The average Bonchev–Trinajstić information content (AvgIpc) is 2.76. The van der Waals surface area contributed by atoms with Gasteiger partial charge >= 0.3 is 0 Å². The molecule has 2 aromatic rings. The van der Waals surface area contributed by atoms with Crippen molar-refractivity contribution in [2.75, 3.05) is 7.11 Å². The lowest BCUT2D eigenvalue weighted by Crippen LogP contribution is -2.02. The quantitative estimate of drug-likeness (QED) is 0.880. The fraction of sp³-hybridized carbons (Fsp3) is 0.200. The van der Waals surface area contributed by atoms with Gasteiger partial charge in [-0.3, -0.25) is 4.57 Å². The van der Waals surface area contributed by atoms with E-state index in [0.717, 1.165) is 0 Å². The number of nitrogens with zero attached hydrogens (tertiary/aromatic N) is 3. The fourth-order valence-electron chi connectivity index (χ4n) is 1.42. The molecule has 0 saturated carbocycles. The van der Waals surface area contributed by atoms with Gasteiger partial charge in [-0.1, -0.05) is 11.6 Å². The van der Waals surface area contributed by atoms with Gasteiger partial charge in [-0.2, -0.15) is 0 Å². The summed E-state index contributed by atoms with van der Waals surface area (Å²) in [4.78, 5) is 0. The first-order chi connectivity index (χ1) is 7.76. The average molecular weight is 240 g/mol. The summed E-state index contributed by atoms with van der Waals surface area (Å²) in [5.74, 6) is 1.07. The standard InChI is InChI=1S/C10H10ClN3O2/c1-16-9-3-2-7(11)4-8(9)14-6-12-13-10(14)5-15/h2-4,6,15H,5H2,1H3. The van der Waals surface area contributed by atoms with Gasteiger partial charge in [0.15, 0.2) is 5.82 Å². The predicted molar refractivity (Wildman–Crippen MR) is 58.8 cm³/mol. The van der Waals surface area contributed by atoms with E-state index in [0.29, 0.717) is 22.3 Å². The number of aliphatic hydroxyl groups is 1. The number of rotatable bonds is 3. The molecule has 1 aromatic heterocycles. The lowest BCUT2D eigenvalue weighted by atomic mass is 10.3. The summed E-state index contributed by atoms with van der Waals surface area (Å²) in [6.45, 7) is -0.199. The van der Waals surface area contributed by atoms with E-state index in [1.54, 1.807) is 29.9 Å². The highest BCUT2D eigenvalue weighted by Gasteiger charge is 2.10. The number of hydrogen-bond acceptors (Lipinski definition) is 4. The maximum Gasteiger partial charge on any atom is 0.163 e. The molecule has 0 bridgehead atoms. The van der Waals surface area contributed by atoms with Crippen LogP contribution in [0.1, 0.15) is 5.82 Å². The summed E-state index contributed by atoms with van der Waals surface area (Å²) < 4.78 is 6.84. The molecule has 0 aliphatic carbocycles. The maximum absolute atomic E-state index is 9.10. The number of ether oxygens (including phenoxy) is 1. The van der Waals surface area contributed by atoms with Gasteiger partial charge in [0, 0.05) is 5.02 Å². The number of methoxy groups -OCH3 is 1. The van der Waals surface area contributed by atoms with Gasteiger partial charge < -0.3 is 9.84 Å². The van der Waals surface area contributed by atoms with E-state index < -0.39 is 0 Å². The smallest absolute Gasteiger partial charge is 0.163 e. The van der Waals surface area contributed by atoms with E-state index in [1.165, 1.54) is 6.33 Å². The summed E-state index contributed by atoms with van der Waals surface area (Å²) in [5.41, 5.74) is 0.698. The van der Waals surface area contributed by atoms with Gasteiger partial charge in [-0.15, -0.1) is 10.2 Å². The Morgan fingerprint density at radius 3 is 3.00 bits per heavy atom. The summed E-state index contributed by atoms with van der Waals surface area (Å²) in [7, 11) is 1.57. The number of aliphatic hydroxyl groups excluding tert-OH is 1. The van der Waals surface area contributed by atoms with Crippen LogP contribution in [0, 0.1) is 0 Å². The number of halogens is 1. The van der Waals surface area contributed by atoms with Crippen LogP contribution in [0.2, 0.25) is 5.02 Å². The van der Waals surface area contributed by atoms with Crippen LogP contribution in [0.5, 0.6) is 5.75 Å². The van der Waals surface area contributed by atoms with Crippen molar-refractivity contribution in [2.45, 2.75) is 6.61 Å². The first-order valence-electron chi connectivity index (χ1n) is 4.60. The highest BCUT2D eigenvalue weighted by molar-refractivity contribution is 6.30. The van der Waals surface area contributed by atoms with Crippen LogP contribution in [-0.2, 0) is 6.61 Å². The van der Waals surface area contributed by atoms with Crippen molar-refractivity contribution >= 4 is 11.6 Å². The third kappa shape index (κ3) is 1.87. The molecule has 0 atom stereocenters. The topological polar surface area (TPSA) is 60.2 Å². The van der Waals surface area contributed by atoms with Crippen LogP contribution in [0.15, 0.2) is 24.5 Å². The molecular weight excluding hydrogens is 230 g/mol. The van der Waals surface area contributed by atoms with Gasteiger partial charge in [0.2, 0.25) is 0 Å². The normalized spacial score (nSPS) is 10.4. The Hall–Kier alpha value is -1.59. The second-order valence-electron chi connectivity index (χ2n) is 3.09. The number of hydrogen-bond donors (Lipinski definition) is 1. The van der Waals surface area contributed by atoms with Crippen LogP contribution < -0.4 is 4.74 Å². The van der Waals surface area contributed by atoms with E-state index in [-0.39, 0.29) is 6.61 Å². The molecule has 0 radical (unpaired) electrons. The third-order valence-corrected chi connectivity index (χ3v) is 2.40. The van der Waals surface area contributed by atoms with Crippen molar-refractivity contribution in [3.8, 4) is 11.4 Å². The summed E-state index contributed by atoms with van der Waals surface area (Å²) >= 11 is 5.91. The Bertz CT molecular complexity index is 499. The molecule has 6 heteroatoms. The van der Waals surface area contributed by atoms with E-state index in [9.17, 15) is 0 Å². The minimum atomic E-state index is -0.199. The molecule has 0 unspecified atom stereocenters. The van der Waals surface area contributed by atoms with E-state index >= 15 is 0 Å². The van der Waals surface area contributed by atoms with Gasteiger partial charge in [-0.05, 0) is 18.2 Å². The van der Waals surface area contributed by atoms with E-state index in [1.807, 2.05) is 0 Å². The molecule has 0 spiro atoms. The van der Waals surface area contributed by atoms with Crippen LogP contribution in [0.4, 0.5) is 0 Å². The lowest BCUT2D eigenvalue weighted by Gasteiger charge is -2.10. The second kappa shape index (κ2) is 4.51. The molecule has 0 fully saturated rings. The first-order valence-corrected chi connectivity index (χ1v) is 4.97. The van der Waals surface area contributed by atoms with Crippen molar-refractivity contribution in [3.05, 3.63) is 35.4 Å². The van der Waals surface area contributed by atoms with Gasteiger partial charge in [-0.25, -0.2) is 0 Å². The summed E-state index contributed by atoms with van der Waals surface area (Å²) in [6, 6.07) is 5.20. The molecule has 1 aromatic carbocycles. The Morgan fingerprint density at radius 2 is 2.31 bits per heavy atom. The molecule has 84 valence electrons. The SMILES string of the molecule is COc1ccc(Cl)cc1-n1cnnc1CO. The molecule has 2 rings (SSSR count). The molecule has 1 heterocycles. The maximum atomic E-state index is 9.10. The highest BCUT2D eigenvalue weighted by Crippen LogP contribution is 2.26. The van der Waals surface area contributed by atoms with Crippen molar-refractivity contribution in [1.29, 1.82) is 0 Å². The van der Waals surface area contributed by atoms with Crippen molar-refractivity contribution < 1.29 is 9.84 Å². The van der Waals surface area contributed by atoms with Crippen molar-refractivity contribution in [2.24, 2.45) is 0 Å². The fourth-order valence-corrected chi connectivity index (χ4v) is 1.59. The van der Waals surface area contributed by atoms with E-state index in [4.69, 9.17) is 21.4 Å². The minimum Gasteiger partial charge on any atom is -0.495 e. The van der Waals surface area contributed by atoms with Gasteiger partial charge in [0.25, 0.3) is 0 Å². The van der Waals surface area contributed by atoms with Gasteiger partial charge in [0.1, 0.15) is 18.7 Å². The van der Waals surface area contributed by atoms with Crippen LogP contribution >= 0.6 is 11.6 Å². The molecule has 16 heavy (non-hydrogen) atoms. The predicted octanol–water partition coefficient (Wildman–Crippen LogP) is 1.42. The molecule has 5 nitrogen and oxygen atoms in total. The Kier molecular flexibility index (Phi) is 3.07. The van der Waals surface area contributed by atoms with Crippen LogP contribution in [0.25, 0.3) is 5.69 Å². The summed E-state index contributed by atoms with van der Waals surface area (Å²) in [5, 5.41) is 17.2. The van der Waals surface area contributed by atoms with Crippen LogP contribution in [0.3, 0.4) is 0 Å².